The maximum absolute atomic E-state index is 11.6. The van der Waals surface area contributed by atoms with Gasteiger partial charge in [-0.05, 0) is 6.07 Å². The third kappa shape index (κ3) is 2.60. The van der Waals surface area contributed by atoms with Gasteiger partial charge in [-0.3, -0.25) is 9.48 Å². The standard InChI is InChI=1S/C10H11N3O3/c1-3-4-7(10(15)16)12-9(14)8-5-6-11-13(8)2/h1,5-7H,4H2,2H3,(H,12,14)(H,15,16). The van der Waals surface area contributed by atoms with E-state index in [9.17, 15) is 9.59 Å². The van der Waals surface area contributed by atoms with Crippen LogP contribution >= 0.6 is 0 Å². The van der Waals surface area contributed by atoms with Gasteiger partial charge in [0, 0.05) is 19.7 Å². The first kappa shape index (κ1) is 11.8. The molecule has 84 valence electrons. The normalized spacial score (nSPS) is 11.5. The number of carboxylic acids is 1. The Morgan fingerprint density at radius 1 is 1.75 bits per heavy atom. The van der Waals surface area contributed by atoms with E-state index in [4.69, 9.17) is 11.5 Å². The molecule has 6 heteroatoms. The van der Waals surface area contributed by atoms with Crippen molar-refractivity contribution in [2.24, 2.45) is 7.05 Å². The molecule has 1 heterocycles. The largest absolute Gasteiger partial charge is 0.480 e. The zero-order chi connectivity index (χ0) is 12.1. The van der Waals surface area contributed by atoms with E-state index >= 15 is 0 Å². The van der Waals surface area contributed by atoms with E-state index in [0.717, 1.165) is 0 Å². The summed E-state index contributed by atoms with van der Waals surface area (Å²) in [6, 6.07) is 0.414. The molecule has 0 aliphatic rings. The SMILES string of the molecule is C#CCC(NC(=O)c1ccnn1C)C(=O)O. The van der Waals surface area contributed by atoms with Crippen molar-refractivity contribution >= 4 is 11.9 Å². The molecule has 0 fully saturated rings. The van der Waals surface area contributed by atoms with Crippen LogP contribution in [0.4, 0.5) is 0 Å². The Labute approximate surface area is 92.3 Å². The summed E-state index contributed by atoms with van der Waals surface area (Å²) in [7, 11) is 1.59. The molecule has 6 nitrogen and oxygen atoms in total. The predicted molar refractivity (Wildman–Crippen MR) is 55.5 cm³/mol. The minimum atomic E-state index is -1.16. The number of carbonyl (C=O) groups excluding carboxylic acids is 1. The van der Waals surface area contributed by atoms with Gasteiger partial charge < -0.3 is 10.4 Å². The highest BCUT2D eigenvalue weighted by Gasteiger charge is 2.20. The van der Waals surface area contributed by atoms with E-state index in [1.165, 1.54) is 16.9 Å². The fourth-order valence-corrected chi connectivity index (χ4v) is 1.15. The van der Waals surface area contributed by atoms with Crippen LogP contribution in [0.25, 0.3) is 0 Å². The van der Waals surface area contributed by atoms with Crippen molar-refractivity contribution in [2.45, 2.75) is 12.5 Å². The molecule has 2 N–H and O–H groups in total. The molecule has 1 atom stereocenters. The summed E-state index contributed by atoms with van der Waals surface area (Å²) >= 11 is 0. The number of hydrogen-bond donors (Lipinski definition) is 2. The smallest absolute Gasteiger partial charge is 0.327 e. The van der Waals surface area contributed by atoms with E-state index in [0.29, 0.717) is 0 Å². The highest BCUT2D eigenvalue weighted by molar-refractivity contribution is 5.95. The molecule has 0 spiro atoms. The molecule has 0 aromatic carbocycles. The summed E-state index contributed by atoms with van der Waals surface area (Å²) in [5.41, 5.74) is 0.281. The maximum atomic E-state index is 11.6. The zero-order valence-corrected chi connectivity index (χ0v) is 8.67. The number of terminal acetylenes is 1. The molecule has 1 unspecified atom stereocenters. The molecule has 16 heavy (non-hydrogen) atoms. The third-order valence-corrected chi connectivity index (χ3v) is 1.98. The monoisotopic (exact) mass is 221 g/mol. The Hall–Kier alpha value is -2.29. The lowest BCUT2D eigenvalue weighted by Crippen LogP contribution is -2.41. The van der Waals surface area contributed by atoms with Crippen LogP contribution in [0, 0.1) is 12.3 Å². The van der Waals surface area contributed by atoms with Gasteiger partial charge in [-0.1, -0.05) is 0 Å². The maximum Gasteiger partial charge on any atom is 0.327 e. The average molecular weight is 221 g/mol. The van der Waals surface area contributed by atoms with Crippen molar-refractivity contribution in [1.29, 1.82) is 0 Å². The number of carboxylic acid groups (broad SMARTS) is 1. The van der Waals surface area contributed by atoms with Gasteiger partial charge in [0.2, 0.25) is 0 Å². The number of nitrogens with one attached hydrogen (secondary N) is 1. The highest BCUT2D eigenvalue weighted by Crippen LogP contribution is 1.99. The molecular weight excluding hydrogens is 210 g/mol. The summed E-state index contributed by atoms with van der Waals surface area (Å²) < 4.78 is 1.35. The van der Waals surface area contributed by atoms with Crippen LogP contribution in [0.2, 0.25) is 0 Å². The van der Waals surface area contributed by atoms with Gasteiger partial charge in [-0.2, -0.15) is 5.10 Å². The molecule has 0 bridgehead atoms. The third-order valence-electron chi connectivity index (χ3n) is 1.98. The number of amides is 1. The second kappa shape index (κ2) is 4.98. The predicted octanol–water partition coefficient (Wildman–Crippen LogP) is -0.374. The molecule has 0 aliphatic heterocycles. The number of rotatable bonds is 4. The van der Waals surface area contributed by atoms with Crippen LogP contribution in [-0.2, 0) is 11.8 Å². The zero-order valence-electron chi connectivity index (χ0n) is 8.67. The molecule has 1 rings (SSSR count). The summed E-state index contributed by atoms with van der Waals surface area (Å²) in [4.78, 5) is 22.4. The average Bonchev–Trinajstić information content (AvgIpc) is 2.63. The Morgan fingerprint density at radius 3 is 2.88 bits per heavy atom. The first-order valence-corrected chi connectivity index (χ1v) is 4.51. The topological polar surface area (TPSA) is 84.2 Å². The minimum Gasteiger partial charge on any atom is -0.480 e. The molecular formula is C10H11N3O3. The van der Waals surface area contributed by atoms with Crippen LogP contribution in [-0.4, -0.2) is 32.8 Å². The van der Waals surface area contributed by atoms with Crippen molar-refractivity contribution in [3.05, 3.63) is 18.0 Å². The van der Waals surface area contributed by atoms with Crippen molar-refractivity contribution in [3.8, 4) is 12.3 Å². The Bertz CT molecular complexity index is 444. The quantitative estimate of drug-likeness (QED) is 0.679. The summed E-state index contributed by atoms with van der Waals surface area (Å²) in [5, 5.41) is 14.9. The van der Waals surface area contributed by atoms with Crippen LogP contribution in [0.3, 0.4) is 0 Å². The number of hydrogen-bond acceptors (Lipinski definition) is 3. The first-order valence-electron chi connectivity index (χ1n) is 4.51. The molecule has 0 aliphatic carbocycles. The Balaban J connectivity index is 2.74. The van der Waals surface area contributed by atoms with E-state index < -0.39 is 17.9 Å². The number of aromatic nitrogens is 2. The fourth-order valence-electron chi connectivity index (χ4n) is 1.15. The van der Waals surface area contributed by atoms with E-state index in [2.05, 4.69) is 16.3 Å². The van der Waals surface area contributed by atoms with E-state index in [1.807, 2.05) is 0 Å². The number of carbonyl (C=O) groups is 2. The van der Waals surface area contributed by atoms with Crippen LogP contribution in [0.15, 0.2) is 12.3 Å². The van der Waals surface area contributed by atoms with Gasteiger partial charge in [0.15, 0.2) is 0 Å². The van der Waals surface area contributed by atoms with Crippen LogP contribution in [0.5, 0.6) is 0 Å². The van der Waals surface area contributed by atoms with Gasteiger partial charge in [0.25, 0.3) is 5.91 Å². The highest BCUT2D eigenvalue weighted by atomic mass is 16.4. The molecule has 1 aromatic heterocycles. The van der Waals surface area contributed by atoms with Crippen molar-refractivity contribution < 1.29 is 14.7 Å². The van der Waals surface area contributed by atoms with Crippen LogP contribution < -0.4 is 5.32 Å². The second-order valence-electron chi connectivity index (χ2n) is 3.11. The van der Waals surface area contributed by atoms with Gasteiger partial charge in [0.1, 0.15) is 11.7 Å². The lowest BCUT2D eigenvalue weighted by atomic mass is 10.2. The van der Waals surface area contributed by atoms with Crippen molar-refractivity contribution in [3.63, 3.8) is 0 Å². The lowest BCUT2D eigenvalue weighted by molar-refractivity contribution is -0.139. The van der Waals surface area contributed by atoms with Gasteiger partial charge in [-0.15, -0.1) is 12.3 Å². The summed E-state index contributed by atoms with van der Waals surface area (Å²) in [6.45, 7) is 0. The van der Waals surface area contributed by atoms with Gasteiger partial charge >= 0.3 is 5.97 Å². The van der Waals surface area contributed by atoms with Crippen molar-refractivity contribution in [2.75, 3.05) is 0 Å². The van der Waals surface area contributed by atoms with Crippen molar-refractivity contribution in [1.82, 2.24) is 15.1 Å². The first-order chi connectivity index (χ1) is 7.56. The second-order valence-corrected chi connectivity index (χ2v) is 3.11. The number of aryl methyl sites for hydroxylation is 1. The molecule has 1 amide bonds. The Morgan fingerprint density at radius 2 is 2.44 bits per heavy atom. The molecule has 0 saturated carbocycles. The fraction of sp³-hybridized carbons (Fsp3) is 0.300. The summed E-state index contributed by atoms with van der Waals surface area (Å²) in [6.07, 6.45) is 6.40. The number of nitrogens with zero attached hydrogens (tertiary/aromatic N) is 2. The summed E-state index contributed by atoms with van der Waals surface area (Å²) in [5.74, 6) is 0.526. The van der Waals surface area contributed by atoms with Crippen LogP contribution in [0.1, 0.15) is 16.9 Å². The van der Waals surface area contributed by atoms with E-state index in [-0.39, 0.29) is 12.1 Å². The lowest BCUT2D eigenvalue weighted by Gasteiger charge is -2.11. The number of aliphatic carboxylic acids is 1. The molecule has 0 saturated heterocycles. The Kier molecular flexibility index (Phi) is 3.67. The molecule has 1 aromatic rings. The van der Waals surface area contributed by atoms with Gasteiger partial charge in [0.05, 0.1) is 0 Å². The molecule has 0 radical (unpaired) electrons. The van der Waals surface area contributed by atoms with E-state index in [1.54, 1.807) is 7.05 Å². The van der Waals surface area contributed by atoms with Gasteiger partial charge in [-0.25, -0.2) is 4.79 Å². The minimum absolute atomic E-state index is 0.0566.